The van der Waals surface area contributed by atoms with E-state index in [2.05, 4.69) is 28.6 Å². The molecule has 0 spiro atoms. The van der Waals surface area contributed by atoms with Crippen LogP contribution in [0.25, 0.3) is 0 Å². The molecule has 0 radical (unpaired) electrons. The zero-order valence-corrected chi connectivity index (χ0v) is 8.75. The number of rotatable bonds is 4. The average Bonchev–Trinajstić information content (AvgIpc) is 2.92. The molecule has 0 aliphatic heterocycles. The third-order valence-corrected chi connectivity index (χ3v) is 2.87. The van der Waals surface area contributed by atoms with Gasteiger partial charge in [0.2, 0.25) is 0 Å². The van der Waals surface area contributed by atoms with Crippen molar-refractivity contribution in [2.24, 2.45) is 11.8 Å². The molecule has 0 saturated heterocycles. The Kier molecular flexibility index (Phi) is 2.57. The van der Waals surface area contributed by atoms with Crippen molar-refractivity contribution in [3.63, 3.8) is 0 Å². The highest BCUT2D eigenvalue weighted by molar-refractivity contribution is 5.53. The quantitative estimate of drug-likeness (QED) is 0.766. The fourth-order valence-corrected chi connectivity index (χ4v) is 1.61. The van der Waals surface area contributed by atoms with Crippen LogP contribution in [0.5, 0.6) is 0 Å². The van der Waals surface area contributed by atoms with Gasteiger partial charge in [-0.25, -0.2) is 0 Å². The summed E-state index contributed by atoms with van der Waals surface area (Å²) >= 11 is 0. The molecular formula is C11H17N3. The van der Waals surface area contributed by atoms with Gasteiger partial charge in [-0.1, -0.05) is 6.92 Å². The van der Waals surface area contributed by atoms with Gasteiger partial charge >= 0.3 is 0 Å². The van der Waals surface area contributed by atoms with Crippen molar-refractivity contribution >= 4 is 11.4 Å². The zero-order chi connectivity index (χ0) is 9.97. The minimum Gasteiger partial charge on any atom is -0.387 e. The molecule has 0 amide bonds. The summed E-state index contributed by atoms with van der Waals surface area (Å²) in [5.74, 6) is 1.77. The van der Waals surface area contributed by atoms with Crippen molar-refractivity contribution in [3.05, 3.63) is 18.5 Å². The lowest BCUT2D eigenvalue weighted by Crippen LogP contribution is -2.05. The van der Waals surface area contributed by atoms with Gasteiger partial charge in [0, 0.05) is 13.6 Å². The van der Waals surface area contributed by atoms with Gasteiger partial charge in [-0.3, -0.25) is 4.98 Å². The Hall–Kier alpha value is -1.25. The predicted octanol–water partition coefficient (Wildman–Crippen LogP) is 2.19. The van der Waals surface area contributed by atoms with Crippen LogP contribution in [-0.4, -0.2) is 18.6 Å². The molecule has 3 heteroatoms. The summed E-state index contributed by atoms with van der Waals surface area (Å²) in [6.45, 7) is 3.38. The van der Waals surface area contributed by atoms with Gasteiger partial charge in [-0.2, -0.15) is 0 Å². The van der Waals surface area contributed by atoms with Crippen molar-refractivity contribution < 1.29 is 0 Å². The molecule has 1 aromatic heterocycles. The second kappa shape index (κ2) is 3.86. The molecule has 2 rings (SSSR count). The lowest BCUT2D eigenvalue weighted by molar-refractivity contribution is 0.787. The number of hydrogen-bond acceptors (Lipinski definition) is 3. The summed E-state index contributed by atoms with van der Waals surface area (Å²) in [7, 11) is 1.91. The molecule has 1 saturated carbocycles. The van der Waals surface area contributed by atoms with Gasteiger partial charge in [0.1, 0.15) is 0 Å². The molecule has 0 aromatic carbocycles. The van der Waals surface area contributed by atoms with E-state index in [1.807, 2.05) is 19.4 Å². The first-order valence-electron chi connectivity index (χ1n) is 5.16. The molecule has 76 valence electrons. The maximum absolute atomic E-state index is 4.15. The highest BCUT2D eigenvalue weighted by Crippen LogP contribution is 2.37. The molecule has 1 aromatic rings. The SMILES string of the molecule is CNc1cncc(NCC2CC2C)c1. The minimum atomic E-state index is 0.869. The van der Waals surface area contributed by atoms with E-state index in [0.29, 0.717) is 0 Å². The van der Waals surface area contributed by atoms with E-state index in [1.54, 1.807) is 0 Å². The number of hydrogen-bond donors (Lipinski definition) is 2. The van der Waals surface area contributed by atoms with Crippen LogP contribution in [0, 0.1) is 11.8 Å². The Bertz CT molecular complexity index is 311. The van der Waals surface area contributed by atoms with Crippen LogP contribution >= 0.6 is 0 Å². The fourth-order valence-electron chi connectivity index (χ4n) is 1.61. The summed E-state index contributed by atoms with van der Waals surface area (Å²) in [6.07, 6.45) is 5.06. The van der Waals surface area contributed by atoms with Crippen LogP contribution in [0.4, 0.5) is 11.4 Å². The van der Waals surface area contributed by atoms with Gasteiger partial charge in [0.25, 0.3) is 0 Å². The third-order valence-electron chi connectivity index (χ3n) is 2.87. The van der Waals surface area contributed by atoms with Crippen LogP contribution in [0.1, 0.15) is 13.3 Å². The molecule has 14 heavy (non-hydrogen) atoms. The van der Waals surface area contributed by atoms with Gasteiger partial charge in [0.05, 0.1) is 23.8 Å². The van der Waals surface area contributed by atoms with Crippen LogP contribution in [0.2, 0.25) is 0 Å². The maximum atomic E-state index is 4.15. The summed E-state index contributed by atoms with van der Waals surface area (Å²) in [4.78, 5) is 4.15. The number of nitrogens with one attached hydrogen (secondary N) is 2. The van der Waals surface area contributed by atoms with E-state index in [9.17, 15) is 0 Å². The molecule has 2 N–H and O–H groups in total. The number of aromatic nitrogens is 1. The Balaban J connectivity index is 1.88. The molecule has 2 atom stereocenters. The Labute approximate surface area is 84.9 Å². The Morgan fingerprint density at radius 2 is 2.14 bits per heavy atom. The summed E-state index contributed by atoms with van der Waals surface area (Å²) in [6, 6.07) is 2.08. The largest absolute Gasteiger partial charge is 0.387 e. The smallest absolute Gasteiger partial charge is 0.0547 e. The monoisotopic (exact) mass is 191 g/mol. The van der Waals surface area contributed by atoms with Gasteiger partial charge in [-0.15, -0.1) is 0 Å². The standard InChI is InChI=1S/C11H17N3/c1-8-3-9(8)5-14-11-4-10(12-2)6-13-7-11/h4,6-9,12,14H,3,5H2,1-2H3. The van der Waals surface area contributed by atoms with Gasteiger partial charge < -0.3 is 10.6 Å². The average molecular weight is 191 g/mol. The second-order valence-corrected chi connectivity index (χ2v) is 4.07. The van der Waals surface area contributed by atoms with Crippen molar-refractivity contribution in [1.29, 1.82) is 0 Å². The molecule has 1 fully saturated rings. The first-order valence-corrected chi connectivity index (χ1v) is 5.16. The normalized spacial score (nSPS) is 24.4. The van der Waals surface area contributed by atoms with E-state index in [4.69, 9.17) is 0 Å². The van der Waals surface area contributed by atoms with E-state index < -0.39 is 0 Å². The van der Waals surface area contributed by atoms with E-state index in [-0.39, 0.29) is 0 Å². The number of pyridine rings is 1. The number of anilines is 2. The van der Waals surface area contributed by atoms with E-state index in [0.717, 1.165) is 29.8 Å². The molecule has 1 aliphatic carbocycles. The van der Waals surface area contributed by atoms with Gasteiger partial charge in [-0.05, 0) is 24.3 Å². The fraction of sp³-hybridized carbons (Fsp3) is 0.545. The van der Waals surface area contributed by atoms with Crippen LogP contribution in [-0.2, 0) is 0 Å². The Morgan fingerprint density at radius 3 is 2.79 bits per heavy atom. The molecular weight excluding hydrogens is 174 g/mol. The summed E-state index contributed by atoms with van der Waals surface area (Å²) in [5, 5.41) is 6.49. The van der Waals surface area contributed by atoms with Gasteiger partial charge in [0.15, 0.2) is 0 Å². The first kappa shape index (κ1) is 9.31. The maximum Gasteiger partial charge on any atom is 0.0547 e. The van der Waals surface area contributed by atoms with Crippen LogP contribution in [0.15, 0.2) is 18.5 Å². The lowest BCUT2D eigenvalue weighted by atomic mass is 10.3. The highest BCUT2D eigenvalue weighted by Gasteiger charge is 2.31. The topological polar surface area (TPSA) is 37.0 Å². The van der Waals surface area contributed by atoms with E-state index in [1.165, 1.54) is 6.42 Å². The van der Waals surface area contributed by atoms with E-state index >= 15 is 0 Å². The molecule has 0 bridgehead atoms. The molecule has 2 unspecified atom stereocenters. The molecule has 1 aliphatic rings. The third kappa shape index (κ3) is 2.16. The van der Waals surface area contributed by atoms with Crippen molar-refractivity contribution in [2.75, 3.05) is 24.2 Å². The predicted molar refractivity (Wildman–Crippen MR) is 59.5 cm³/mol. The zero-order valence-electron chi connectivity index (χ0n) is 8.75. The van der Waals surface area contributed by atoms with Crippen molar-refractivity contribution in [3.8, 4) is 0 Å². The Morgan fingerprint density at radius 1 is 1.43 bits per heavy atom. The van der Waals surface area contributed by atoms with Crippen LogP contribution < -0.4 is 10.6 Å². The highest BCUT2D eigenvalue weighted by atomic mass is 14.9. The second-order valence-electron chi connectivity index (χ2n) is 4.07. The van der Waals surface area contributed by atoms with Crippen molar-refractivity contribution in [1.82, 2.24) is 4.98 Å². The van der Waals surface area contributed by atoms with Crippen LogP contribution in [0.3, 0.4) is 0 Å². The molecule has 3 nitrogen and oxygen atoms in total. The van der Waals surface area contributed by atoms with Crippen molar-refractivity contribution in [2.45, 2.75) is 13.3 Å². The lowest BCUT2D eigenvalue weighted by Gasteiger charge is -2.06. The first-order chi connectivity index (χ1) is 6.79. The molecule has 1 heterocycles. The summed E-state index contributed by atoms with van der Waals surface area (Å²) < 4.78 is 0. The summed E-state index contributed by atoms with van der Waals surface area (Å²) in [5.41, 5.74) is 2.16. The number of nitrogens with zero attached hydrogens (tertiary/aromatic N) is 1. The minimum absolute atomic E-state index is 0.869.